The molecule has 90 valence electrons. The standard InChI is InChI=1S/C11H18N2O3/c1-8-10(4-5-12-8)11(15)13(2)6-9(14)7-16-3/h4-5,9,12,14H,6-7H2,1-3H3. The molecule has 1 atom stereocenters. The number of rotatable bonds is 5. The SMILES string of the molecule is COCC(O)CN(C)C(=O)c1cc[nH]c1C. The molecular weight excluding hydrogens is 208 g/mol. The Labute approximate surface area is 95.0 Å². The molecule has 0 aliphatic rings. The van der Waals surface area contributed by atoms with Crippen LogP contribution in [0.5, 0.6) is 0 Å². The van der Waals surface area contributed by atoms with E-state index in [9.17, 15) is 9.90 Å². The second kappa shape index (κ2) is 5.67. The van der Waals surface area contributed by atoms with Gasteiger partial charge in [0.2, 0.25) is 0 Å². The Morgan fingerprint density at radius 2 is 2.38 bits per heavy atom. The van der Waals surface area contributed by atoms with Crippen LogP contribution in [-0.4, -0.2) is 54.3 Å². The van der Waals surface area contributed by atoms with E-state index in [1.165, 1.54) is 12.0 Å². The second-order valence-electron chi connectivity index (χ2n) is 3.81. The molecule has 5 nitrogen and oxygen atoms in total. The number of nitrogens with one attached hydrogen (secondary N) is 1. The maximum atomic E-state index is 11.9. The fourth-order valence-electron chi connectivity index (χ4n) is 1.53. The lowest BCUT2D eigenvalue weighted by Gasteiger charge is -2.20. The lowest BCUT2D eigenvalue weighted by atomic mass is 10.2. The summed E-state index contributed by atoms with van der Waals surface area (Å²) in [6, 6.07) is 1.73. The maximum absolute atomic E-state index is 11.9. The topological polar surface area (TPSA) is 65.6 Å². The van der Waals surface area contributed by atoms with Crippen molar-refractivity contribution in [1.29, 1.82) is 0 Å². The number of hydrogen-bond acceptors (Lipinski definition) is 3. The Kier molecular flexibility index (Phi) is 4.52. The van der Waals surface area contributed by atoms with E-state index in [4.69, 9.17) is 4.74 Å². The van der Waals surface area contributed by atoms with Gasteiger partial charge in [-0.05, 0) is 13.0 Å². The number of amides is 1. The number of aliphatic hydroxyl groups is 1. The summed E-state index contributed by atoms with van der Waals surface area (Å²) in [7, 11) is 3.18. The highest BCUT2D eigenvalue weighted by atomic mass is 16.5. The Bertz CT molecular complexity index is 349. The van der Waals surface area contributed by atoms with Gasteiger partial charge in [-0.2, -0.15) is 0 Å². The maximum Gasteiger partial charge on any atom is 0.255 e. The van der Waals surface area contributed by atoms with E-state index in [2.05, 4.69) is 4.98 Å². The summed E-state index contributed by atoms with van der Waals surface area (Å²) in [5.74, 6) is -0.103. The zero-order valence-corrected chi connectivity index (χ0v) is 9.86. The second-order valence-corrected chi connectivity index (χ2v) is 3.81. The van der Waals surface area contributed by atoms with Crippen LogP contribution in [0.1, 0.15) is 16.1 Å². The van der Waals surface area contributed by atoms with Gasteiger partial charge < -0.3 is 19.7 Å². The number of aromatic nitrogens is 1. The van der Waals surface area contributed by atoms with E-state index in [1.54, 1.807) is 19.3 Å². The predicted octanol–water partition coefficient (Wildman–Crippen LogP) is 0.402. The number of hydrogen-bond donors (Lipinski definition) is 2. The third-order valence-electron chi connectivity index (χ3n) is 2.37. The first-order valence-corrected chi connectivity index (χ1v) is 5.12. The van der Waals surface area contributed by atoms with Gasteiger partial charge in [0, 0.05) is 32.6 Å². The van der Waals surface area contributed by atoms with E-state index >= 15 is 0 Å². The number of likely N-dealkylation sites (N-methyl/N-ethyl adjacent to an activating group) is 1. The molecule has 1 rings (SSSR count). The number of carbonyl (C=O) groups is 1. The number of nitrogens with zero attached hydrogens (tertiary/aromatic N) is 1. The first kappa shape index (κ1) is 12.7. The molecule has 0 fully saturated rings. The smallest absolute Gasteiger partial charge is 0.255 e. The van der Waals surface area contributed by atoms with Gasteiger partial charge in [0.25, 0.3) is 5.91 Å². The van der Waals surface area contributed by atoms with Gasteiger partial charge in [0.1, 0.15) is 0 Å². The van der Waals surface area contributed by atoms with Crippen LogP contribution < -0.4 is 0 Å². The van der Waals surface area contributed by atoms with E-state index in [1.807, 2.05) is 6.92 Å². The normalized spacial score (nSPS) is 12.5. The number of aromatic amines is 1. The van der Waals surface area contributed by atoms with Crippen molar-refractivity contribution in [2.75, 3.05) is 27.3 Å². The summed E-state index contributed by atoms with van der Waals surface area (Å²) in [4.78, 5) is 16.4. The van der Waals surface area contributed by atoms with Crippen LogP contribution in [0.3, 0.4) is 0 Å². The summed E-state index contributed by atoms with van der Waals surface area (Å²) in [6.45, 7) is 2.33. The molecule has 1 unspecified atom stereocenters. The Morgan fingerprint density at radius 1 is 1.69 bits per heavy atom. The molecule has 16 heavy (non-hydrogen) atoms. The van der Waals surface area contributed by atoms with Crippen molar-refractivity contribution in [2.45, 2.75) is 13.0 Å². The van der Waals surface area contributed by atoms with E-state index in [0.29, 0.717) is 5.56 Å². The van der Waals surface area contributed by atoms with Crippen LogP contribution in [0.4, 0.5) is 0 Å². The highest BCUT2D eigenvalue weighted by Gasteiger charge is 2.17. The average molecular weight is 226 g/mol. The van der Waals surface area contributed by atoms with Crippen molar-refractivity contribution in [1.82, 2.24) is 9.88 Å². The molecular formula is C11H18N2O3. The Morgan fingerprint density at radius 3 is 2.88 bits per heavy atom. The van der Waals surface area contributed by atoms with E-state index < -0.39 is 6.10 Å². The molecule has 2 N–H and O–H groups in total. The number of methoxy groups -OCH3 is 1. The van der Waals surface area contributed by atoms with Gasteiger partial charge in [0.15, 0.2) is 0 Å². The molecule has 1 heterocycles. The largest absolute Gasteiger partial charge is 0.389 e. The molecule has 0 spiro atoms. The lowest BCUT2D eigenvalue weighted by Crippen LogP contribution is -2.36. The quantitative estimate of drug-likeness (QED) is 0.764. The van der Waals surface area contributed by atoms with Crippen molar-refractivity contribution in [3.8, 4) is 0 Å². The number of carbonyl (C=O) groups excluding carboxylic acids is 1. The lowest BCUT2D eigenvalue weighted by molar-refractivity contribution is 0.0380. The zero-order valence-electron chi connectivity index (χ0n) is 9.86. The van der Waals surface area contributed by atoms with Crippen LogP contribution in [0.15, 0.2) is 12.3 Å². The molecule has 0 aliphatic heterocycles. The molecule has 0 saturated carbocycles. The number of aryl methyl sites for hydroxylation is 1. The molecule has 1 aromatic rings. The first-order chi connectivity index (χ1) is 7.56. The summed E-state index contributed by atoms with van der Waals surface area (Å²) < 4.78 is 4.80. The minimum Gasteiger partial charge on any atom is -0.389 e. The molecule has 0 aliphatic carbocycles. The third-order valence-corrected chi connectivity index (χ3v) is 2.37. The van der Waals surface area contributed by atoms with Gasteiger partial charge >= 0.3 is 0 Å². The summed E-state index contributed by atoms with van der Waals surface area (Å²) in [6.07, 6.45) is 1.07. The molecule has 5 heteroatoms. The highest BCUT2D eigenvalue weighted by molar-refractivity contribution is 5.95. The Balaban J connectivity index is 2.58. The minimum absolute atomic E-state index is 0.103. The number of ether oxygens (including phenoxy) is 1. The van der Waals surface area contributed by atoms with Crippen molar-refractivity contribution >= 4 is 5.91 Å². The summed E-state index contributed by atoms with van der Waals surface area (Å²) in [5.41, 5.74) is 1.46. The van der Waals surface area contributed by atoms with Crippen LogP contribution in [-0.2, 0) is 4.74 Å². The fourth-order valence-corrected chi connectivity index (χ4v) is 1.53. The first-order valence-electron chi connectivity index (χ1n) is 5.12. The zero-order chi connectivity index (χ0) is 12.1. The minimum atomic E-state index is -0.654. The summed E-state index contributed by atoms with van der Waals surface area (Å²) >= 11 is 0. The van der Waals surface area contributed by atoms with E-state index in [-0.39, 0.29) is 19.1 Å². The van der Waals surface area contributed by atoms with Gasteiger partial charge in [0.05, 0.1) is 18.3 Å². The summed E-state index contributed by atoms with van der Waals surface area (Å²) in [5, 5.41) is 9.51. The Hall–Kier alpha value is -1.33. The highest BCUT2D eigenvalue weighted by Crippen LogP contribution is 2.08. The third kappa shape index (κ3) is 3.08. The van der Waals surface area contributed by atoms with Crippen molar-refractivity contribution < 1.29 is 14.6 Å². The molecule has 0 bridgehead atoms. The van der Waals surface area contributed by atoms with Gasteiger partial charge in [-0.25, -0.2) is 0 Å². The van der Waals surface area contributed by atoms with E-state index in [0.717, 1.165) is 5.69 Å². The van der Waals surface area contributed by atoms with Crippen LogP contribution in [0.25, 0.3) is 0 Å². The van der Waals surface area contributed by atoms with Crippen molar-refractivity contribution in [2.24, 2.45) is 0 Å². The monoisotopic (exact) mass is 226 g/mol. The molecule has 0 aromatic carbocycles. The average Bonchev–Trinajstić information content (AvgIpc) is 2.63. The van der Waals surface area contributed by atoms with Gasteiger partial charge in [-0.1, -0.05) is 0 Å². The van der Waals surface area contributed by atoms with Gasteiger partial charge in [-0.15, -0.1) is 0 Å². The molecule has 0 saturated heterocycles. The predicted molar refractivity (Wildman–Crippen MR) is 60.4 cm³/mol. The van der Waals surface area contributed by atoms with Crippen LogP contribution in [0.2, 0.25) is 0 Å². The molecule has 0 radical (unpaired) electrons. The number of aliphatic hydroxyl groups excluding tert-OH is 1. The molecule has 1 aromatic heterocycles. The van der Waals surface area contributed by atoms with Crippen molar-refractivity contribution in [3.63, 3.8) is 0 Å². The molecule has 1 amide bonds. The number of H-pyrrole nitrogens is 1. The van der Waals surface area contributed by atoms with Crippen LogP contribution >= 0.6 is 0 Å². The van der Waals surface area contributed by atoms with Gasteiger partial charge in [-0.3, -0.25) is 4.79 Å². The fraction of sp³-hybridized carbons (Fsp3) is 0.545. The van der Waals surface area contributed by atoms with Crippen molar-refractivity contribution in [3.05, 3.63) is 23.5 Å². The van der Waals surface area contributed by atoms with Crippen LogP contribution in [0, 0.1) is 6.92 Å².